The molecule has 3 aromatic heterocycles. The van der Waals surface area contributed by atoms with Gasteiger partial charge in [-0.15, -0.1) is 11.3 Å². The van der Waals surface area contributed by atoms with Crippen LogP contribution >= 0.6 is 11.3 Å². The van der Waals surface area contributed by atoms with E-state index in [1.165, 1.54) is 21.5 Å². The topological polar surface area (TPSA) is 87.9 Å². The number of aryl methyl sites for hydroxylation is 1. The summed E-state index contributed by atoms with van der Waals surface area (Å²) in [7, 11) is -3.58. The van der Waals surface area contributed by atoms with Crippen LogP contribution in [0.25, 0.3) is 5.65 Å². The Morgan fingerprint density at radius 1 is 1.24 bits per heavy atom. The second-order valence-corrected chi connectivity index (χ2v) is 9.66. The highest BCUT2D eigenvalue weighted by Crippen LogP contribution is 2.24. The molecule has 0 N–H and O–H groups in total. The zero-order chi connectivity index (χ0) is 20.8. The molecule has 1 aliphatic heterocycles. The van der Waals surface area contributed by atoms with Crippen molar-refractivity contribution in [2.24, 2.45) is 0 Å². The molecule has 1 aliphatic rings. The summed E-state index contributed by atoms with van der Waals surface area (Å²) in [5, 5.41) is 5.60. The van der Waals surface area contributed by atoms with Crippen molar-refractivity contribution in [3.05, 3.63) is 46.7 Å². The molecule has 0 radical (unpaired) electrons. The fraction of sp³-hybridized carbons (Fsp3) is 0.353. The lowest BCUT2D eigenvalue weighted by Gasteiger charge is -2.33. The number of halogens is 2. The summed E-state index contributed by atoms with van der Waals surface area (Å²) >= 11 is 1.14. The molecule has 3 aromatic rings. The highest BCUT2D eigenvalue weighted by atomic mass is 32.2. The van der Waals surface area contributed by atoms with Gasteiger partial charge in [-0.05, 0) is 24.4 Å². The highest BCUT2D eigenvalue weighted by molar-refractivity contribution is 7.91. The average Bonchev–Trinajstić information content (AvgIpc) is 3.37. The molecule has 0 bridgehead atoms. The van der Waals surface area contributed by atoms with Crippen LogP contribution in [0.5, 0.6) is 0 Å². The summed E-state index contributed by atoms with van der Waals surface area (Å²) in [4.78, 5) is 18.6. The Hall–Kier alpha value is -2.44. The van der Waals surface area contributed by atoms with Gasteiger partial charge in [0.15, 0.2) is 5.65 Å². The standard InChI is InChI=1S/C17H17F2N5O3S2/c1-11-9-13(15(18)19)24-16(21-11)12(10-20-24)17(25)22-4-6-23(7-5-22)29(26,27)14-3-2-8-28-14/h2-3,8-10,15H,4-7H2,1H3. The minimum absolute atomic E-state index is 0.0685. The lowest BCUT2D eigenvalue weighted by molar-refractivity contribution is 0.0699. The van der Waals surface area contributed by atoms with E-state index in [4.69, 9.17) is 0 Å². The highest BCUT2D eigenvalue weighted by Gasteiger charge is 2.32. The third kappa shape index (κ3) is 3.51. The van der Waals surface area contributed by atoms with Crippen LogP contribution in [0.2, 0.25) is 0 Å². The number of piperazine rings is 1. The van der Waals surface area contributed by atoms with Crippen molar-refractivity contribution in [3.63, 3.8) is 0 Å². The van der Waals surface area contributed by atoms with E-state index in [-0.39, 0.29) is 47.3 Å². The summed E-state index contributed by atoms with van der Waals surface area (Å²) in [5.74, 6) is -0.411. The van der Waals surface area contributed by atoms with Crippen LogP contribution in [0.3, 0.4) is 0 Å². The van der Waals surface area contributed by atoms with Gasteiger partial charge in [-0.3, -0.25) is 4.79 Å². The Morgan fingerprint density at radius 2 is 1.97 bits per heavy atom. The molecule has 154 valence electrons. The molecule has 0 atom stereocenters. The maximum absolute atomic E-state index is 13.3. The second kappa shape index (κ2) is 7.43. The number of rotatable bonds is 4. The summed E-state index contributed by atoms with van der Waals surface area (Å²) in [6, 6.07) is 4.45. The van der Waals surface area contributed by atoms with E-state index in [2.05, 4.69) is 10.1 Å². The van der Waals surface area contributed by atoms with Gasteiger partial charge in [0, 0.05) is 31.9 Å². The van der Waals surface area contributed by atoms with Crippen LogP contribution in [0.1, 0.15) is 28.2 Å². The first-order valence-electron chi connectivity index (χ1n) is 8.75. The zero-order valence-electron chi connectivity index (χ0n) is 15.3. The molecule has 0 spiro atoms. The molecule has 12 heteroatoms. The van der Waals surface area contributed by atoms with Crippen molar-refractivity contribution >= 4 is 32.9 Å². The lowest BCUT2D eigenvalue weighted by Crippen LogP contribution is -2.50. The number of hydrogen-bond acceptors (Lipinski definition) is 6. The summed E-state index contributed by atoms with van der Waals surface area (Å²) in [6.45, 7) is 2.25. The number of aromatic nitrogens is 3. The zero-order valence-corrected chi connectivity index (χ0v) is 17.0. The molecule has 8 nitrogen and oxygen atoms in total. The number of fused-ring (bicyclic) bond motifs is 1. The minimum atomic E-state index is -3.58. The van der Waals surface area contributed by atoms with Crippen molar-refractivity contribution < 1.29 is 22.0 Å². The maximum Gasteiger partial charge on any atom is 0.280 e. The smallest absolute Gasteiger partial charge is 0.280 e. The van der Waals surface area contributed by atoms with Gasteiger partial charge in [0.05, 0.1) is 6.20 Å². The summed E-state index contributed by atoms with van der Waals surface area (Å²) in [6.07, 6.45) is -1.53. The number of nitrogens with zero attached hydrogens (tertiary/aromatic N) is 5. The Balaban J connectivity index is 1.55. The van der Waals surface area contributed by atoms with E-state index < -0.39 is 22.4 Å². The van der Waals surface area contributed by atoms with Crippen LogP contribution in [0.15, 0.2) is 34.0 Å². The van der Waals surface area contributed by atoms with Gasteiger partial charge in [-0.1, -0.05) is 6.07 Å². The number of carbonyl (C=O) groups excluding carboxylic acids is 1. The molecule has 1 amide bonds. The van der Waals surface area contributed by atoms with Crippen LogP contribution < -0.4 is 0 Å². The molecule has 4 heterocycles. The van der Waals surface area contributed by atoms with Crippen LogP contribution in [-0.2, 0) is 10.0 Å². The SMILES string of the molecule is Cc1cc(C(F)F)n2ncc(C(=O)N3CCN(S(=O)(=O)c4cccs4)CC3)c2n1. The van der Waals surface area contributed by atoms with Crippen LogP contribution in [0.4, 0.5) is 8.78 Å². The first-order chi connectivity index (χ1) is 13.8. The van der Waals surface area contributed by atoms with Gasteiger partial charge in [0.1, 0.15) is 15.5 Å². The van der Waals surface area contributed by atoms with Crippen molar-refractivity contribution in [2.45, 2.75) is 17.6 Å². The third-order valence-electron chi connectivity index (χ3n) is 4.70. The summed E-state index contributed by atoms with van der Waals surface area (Å²) < 4.78 is 54.3. The Morgan fingerprint density at radius 3 is 2.59 bits per heavy atom. The van der Waals surface area contributed by atoms with Gasteiger partial charge in [0.25, 0.3) is 22.4 Å². The molecule has 29 heavy (non-hydrogen) atoms. The average molecular weight is 441 g/mol. The van der Waals surface area contributed by atoms with Crippen molar-refractivity contribution in [1.82, 2.24) is 23.8 Å². The molecule has 0 saturated carbocycles. The number of alkyl halides is 2. The largest absolute Gasteiger partial charge is 0.336 e. The number of sulfonamides is 1. The van der Waals surface area contributed by atoms with Gasteiger partial charge >= 0.3 is 0 Å². The fourth-order valence-electron chi connectivity index (χ4n) is 3.26. The van der Waals surface area contributed by atoms with Gasteiger partial charge in [-0.2, -0.15) is 9.40 Å². The second-order valence-electron chi connectivity index (χ2n) is 6.55. The van der Waals surface area contributed by atoms with E-state index in [1.807, 2.05) is 0 Å². The van der Waals surface area contributed by atoms with Crippen molar-refractivity contribution in [1.29, 1.82) is 0 Å². The monoisotopic (exact) mass is 441 g/mol. The van der Waals surface area contributed by atoms with E-state index in [9.17, 15) is 22.0 Å². The van der Waals surface area contributed by atoms with Gasteiger partial charge in [-0.25, -0.2) is 26.7 Å². The minimum Gasteiger partial charge on any atom is -0.336 e. The van der Waals surface area contributed by atoms with Crippen molar-refractivity contribution in [2.75, 3.05) is 26.2 Å². The molecular formula is C17H17F2N5O3S2. The predicted octanol–water partition coefficient (Wildman–Crippen LogP) is 2.18. The Bertz CT molecular complexity index is 1150. The Labute approximate surface area is 169 Å². The molecule has 0 aromatic carbocycles. The lowest BCUT2D eigenvalue weighted by atomic mass is 10.2. The van der Waals surface area contributed by atoms with Crippen LogP contribution in [0, 0.1) is 6.92 Å². The first kappa shape index (κ1) is 19.9. The molecule has 0 aliphatic carbocycles. The first-order valence-corrected chi connectivity index (χ1v) is 11.1. The number of thiophene rings is 1. The number of amides is 1. The van der Waals surface area contributed by atoms with Gasteiger partial charge < -0.3 is 4.90 Å². The normalized spacial score (nSPS) is 16.1. The van der Waals surface area contributed by atoms with E-state index >= 15 is 0 Å². The molecule has 0 unspecified atom stereocenters. The molecular weight excluding hydrogens is 424 g/mol. The fourth-order valence-corrected chi connectivity index (χ4v) is 5.83. The molecule has 1 fully saturated rings. The quantitative estimate of drug-likeness (QED) is 0.619. The van der Waals surface area contributed by atoms with Gasteiger partial charge in [0.2, 0.25) is 0 Å². The number of hydrogen-bond donors (Lipinski definition) is 0. The maximum atomic E-state index is 13.3. The van der Waals surface area contributed by atoms with E-state index in [0.717, 1.165) is 15.9 Å². The third-order valence-corrected chi connectivity index (χ3v) is 7.97. The van der Waals surface area contributed by atoms with Crippen LogP contribution in [-0.4, -0.2) is 64.3 Å². The predicted molar refractivity (Wildman–Crippen MR) is 102 cm³/mol. The summed E-state index contributed by atoms with van der Waals surface area (Å²) in [5.41, 5.74) is 0.205. The van der Waals surface area contributed by atoms with Crippen molar-refractivity contribution in [3.8, 4) is 0 Å². The van der Waals surface area contributed by atoms with E-state index in [0.29, 0.717) is 5.69 Å². The molecule has 4 rings (SSSR count). The number of carbonyl (C=O) groups is 1. The van der Waals surface area contributed by atoms with E-state index in [1.54, 1.807) is 24.4 Å². The Kier molecular flexibility index (Phi) is 5.09. The molecule has 1 saturated heterocycles.